The Balaban J connectivity index is 3.16. The molecule has 2 N–H and O–H groups in total. The van der Waals surface area contributed by atoms with Crippen molar-refractivity contribution in [3.05, 3.63) is 6.33 Å². The summed E-state index contributed by atoms with van der Waals surface area (Å²) in [4.78, 5) is 11.3. The second kappa shape index (κ2) is 5.52. The first-order chi connectivity index (χ1) is 8.11. The van der Waals surface area contributed by atoms with Crippen LogP contribution in [0.25, 0.3) is 0 Å². The maximum atomic E-state index is 8.70. The van der Waals surface area contributed by atoms with Gasteiger partial charge in [0.1, 0.15) is 25.1 Å². The molecule has 0 saturated heterocycles. The number of nitriles is 2. The van der Waals surface area contributed by atoms with E-state index in [-0.39, 0.29) is 13.1 Å². The highest BCUT2D eigenvalue weighted by molar-refractivity contribution is 5.75. The lowest BCUT2D eigenvalue weighted by Crippen LogP contribution is -2.27. The van der Waals surface area contributed by atoms with Gasteiger partial charge in [0.05, 0.1) is 12.1 Å². The van der Waals surface area contributed by atoms with Gasteiger partial charge in [-0.2, -0.15) is 10.5 Å². The molecule has 0 aromatic carbocycles. The molecule has 0 amide bonds. The van der Waals surface area contributed by atoms with Crippen molar-refractivity contribution in [2.45, 2.75) is 0 Å². The van der Waals surface area contributed by atoms with Crippen LogP contribution in [0.3, 0.4) is 0 Å². The second-order valence-corrected chi connectivity index (χ2v) is 3.50. The van der Waals surface area contributed by atoms with Crippen molar-refractivity contribution in [3.63, 3.8) is 0 Å². The smallest absolute Gasteiger partial charge is 0.159 e. The number of anilines is 3. The van der Waals surface area contributed by atoms with Crippen molar-refractivity contribution in [2.24, 2.45) is 0 Å². The first-order valence-corrected chi connectivity index (χ1v) is 4.88. The third kappa shape index (κ3) is 2.73. The van der Waals surface area contributed by atoms with E-state index < -0.39 is 0 Å². The SMILES string of the molecule is CN(C)c1ncnc(N(CC#N)CC#N)c1N. The zero-order valence-electron chi connectivity index (χ0n) is 9.75. The predicted molar refractivity (Wildman–Crippen MR) is 64.2 cm³/mol. The molecule has 17 heavy (non-hydrogen) atoms. The van der Waals surface area contributed by atoms with Crippen LogP contribution in [0.5, 0.6) is 0 Å². The molecule has 1 aromatic rings. The summed E-state index contributed by atoms with van der Waals surface area (Å²) in [6.07, 6.45) is 1.36. The van der Waals surface area contributed by atoms with E-state index in [1.54, 1.807) is 19.0 Å². The van der Waals surface area contributed by atoms with Gasteiger partial charge in [0.15, 0.2) is 11.6 Å². The van der Waals surface area contributed by atoms with E-state index in [9.17, 15) is 0 Å². The monoisotopic (exact) mass is 231 g/mol. The number of nitrogens with two attached hydrogens (primary N) is 1. The average Bonchev–Trinajstić information content (AvgIpc) is 2.29. The van der Waals surface area contributed by atoms with Gasteiger partial charge in [-0.05, 0) is 0 Å². The molecule has 7 heteroatoms. The van der Waals surface area contributed by atoms with Crippen LogP contribution < -0.4 is 15.5 Å². The number of hydrogen-bond donors (Lipinski definition) is 1. The molecule has 1 heterocycles. The maximum Gasteiger partial charge on any atom is 0.159 e. The van der Waals surface area contributed by atoms with Crippen molar-refractivity contribution in [2.75, 3.05) is 42.7 Å². The Morgan fingerprint density at radius 3 is 2.18 bits per heavy atom. The average molecular weight is 231 g/mol. The molecule has 88 valence electrons. The van der Waals surface area contributed by atoms with Gasteiger partial charge in [0.2, 0.25) is 0 Å². The molecule has 0 radical (unpaired) electrons. The van der Waals surface area contributed by atoms with Crippen LogP contribution in [0.4, 0.5) is 17.3 Å². The predicted octanol–water partition coefficient (Wildman–Crippen LogP) is -0.0216. The van der Waals surface area contributed by atoms with E-state index in [1.807, 2.05) is 12.1 Å². The molecule has 0 aliphatic carbocycles. The molecule has 0 spiro atoms. The normalized spacial score (nSPS) is 9.18. The first-order valence-electron chi connectivity index (χ1n) is 4.88. The van der Waals surface area contributed by atoms with Gasteiger partial charge in [0, 0.05) is 14.1 Å². The van der Waals surface area contributed by atoms with E-state index >= 15 is 0 Å². The lowest BCUT2D eigenvalue weighted by atomic mass is 10.3. The number of nitrogen functional groups attached to an aromatic ring is 1. The van der Waals surface area contributed by atoms with Crippen LogP contribution in [0.15, 0.2) is 6.33 Å². The highest BCUT2D eigenvalue weighted by Gasteiger charge is 2.15. The lowest BCUT2D eigenvalue weighted by Gasteiger charge is -2.21. The summed E-state index contributed by atoms with van der Waals surface area (Å²) in [7, 11) is 3.61. The highest BCUT2D eigenvalue weighted by Crippen LogP contribution is 2.27. The Bertz CT molecular complexity index is 453. The van der Waals surface area contributed by atoms with Crippen molar-refractivity contribution in [1.29, 1.82) is 10.5 Å². The largest absolute Gasteiger partial charge is 0.393 e. The van der Waals surface area contributed by atoms with Crippen molar-refractivity contribution in [3.8, 4) is 12.1 Å². The molecule has 0 unspecified atom stereocenters. The van der Waals surface area contributed by atoms with Gasteiger partial charge in [-0.1, -0.05) is 0 Å². The summed E-state index contributed by atoms with van der Waals surface area (Å²) in [5.74, 6) is 0.975. The van der Waals surface area contributed by atoms with Crippen LogP contribution in [0.2, 0.25) is 0 Å². The fourth-order valence-corrected chi connectivity index (χ4v) is 1.36. The van der Waals surface area contributed by atoms with E-state index in [2.05, 4.69) is 9.97 Å². The van der Waals surface area contributed by atoms with E-state index in [1.165, 1.54) is 11.2 Å². The Hall–Kier alpha value is -2.54. The number of aromatic nitrogens is 2. The molecule has 0 fully saturated rings. The maximum absolute atomic E-state index is 8.70. The molecule has 1 aromatic heterocycles. The van der Waals surface area contributed by atoms with Crippen molar-refractivity contribution >= 4 is 17.3 Å². The van der Waals surface area contributed by atoms with E-state index in [4.69, 9.17) is 16.3 Å². The molecular formula is C10H13N7. The Labute approximate surface area is 99.7 Å². The topological polar surface area (TPSA) is 106 Å². The van der Waals surface area contributed by atoms with Gasteiger partial charge < -0.3 is 15.5 Å². The molecular weight excluding hydrogens is 218 g/mol. The molecule has 0 aliphatic heterocycles. The summed E-state index contributed by atoms with van der Waals surface area (Å²) in [6.45, 7) is 0.114. The minimum atomic E-state index is 0.0572. The standard InChI is InChI=1S/C10H13N7/c1-16(2)9-8(13)10(15-7-14-9)17(5-3-11)6-4-12/h7H,5-6,13H2,1-2H3. The zero-order valence-corrected chi connectivity index (χ0v) is 9.75. The van der Waals surface area contributed by atoms with Gasteiger partial charge in [-0.3, -0.25) is 0 Å². The Kier molecular flexibility index (Phi) is 4.07. The summed E-state index contributed by atoms with van der Waals surface area (Å²) >= 11 is 0. The number of hydrogen-bond acceptors (Lipinski definition) is 7. The summed E-state index contributed by atoms with van der Waals surface area (Å²) in [6, 6.07) is 3.94. The molecule has 0 bridgehead atoms. The minimum Gasteiger partial charge on any atom is -0.393 e. The molecule has 0 saturated carbocycles. The fraction of sp³-hybridized carbons (Fsp3) is 0.400. The number of rotatable bonds is 4. The van der Waals surface area contributed by atoms with Gasteiger partial charge >= 0.3 is 0 Å². The van der Waals surface area contributed by atoms with Gasteiger partial charge in [0.25, 0.3) is 0 Å². The number of nitrogens with zero attached hydrogens (tertiary/aromatic N) is 6. The van der Waals surface area contributed by atoms with Crippen molar-refractivity contribution < 1.29 is 0 Å². The summed E-state index contributed by atoms with van der Waals surface area (Å²) < 4.78 is 0. The van der Waals surface area contributed by atoms with Gasteiger partial charge in [-0.15, -0.1) is 0 Å². The van der Waals surface area contributed by atoms with E-state index in [0.717, 1.165) is 0 Å². The van der Waals surface area contributed by atoms with Crippen LogP contribution in [0, 0.1) is 22.7 Å². The van der Waals surface area contributed by atoms with Crippen LogP contribution >= 0.6 is 0 Å². The minimum absolute atomic E-state index is 0.0572. The summed E-state index contributed by atoms with van der Waals surface area (Å²) in [5.41, 5.74) is 6.28. The lowest BCUT2D eigenvalue weighted by molar-refractivity contribution is 0.922. The second-order valence-electron chi connectivity index (χ2n) is 3.50. The Morgan fingerprint density at radius 1 is 1.18 bits per heavy atom. The van der Waals surface area contributed by atoms with Crippen LogP contribution in [-0.4, -0.2) is 37.2 Å². The van der Waals surface area contributed by atoms with Gasteiger partial charge in [-0.25, -0.2) is 9.97 Å². The third-order valence-electron chi connectivity index (χ3n) is 2.09. The first kappa shape index (κ1) is 12.5. The third-order valence-corrected chi connectivity index (χ3v) is 2.09. The highest BCUT2D eigenvalue weighted by atomic mass is 15.2. The molecule has 0 aliphatic rings. The quantitative estimate of drug-likeness (QED) is 0.725. The fourth-order valence-electron chi connectivity index (χ4n) is 1.36. The summed E-state index contributed by atoms with van der Waals surface area (Å²) in [5, 5.41) is 17.4. The van der Waals surface area contributed by atoms with E-state index in [0.29, 0.717) is 17.3 Å². The molecule has 1 rings (SSSR count). The van der Waals surface area contributed by atoms with Crippen LogP contribution in [0.1, 0.15) is 0 Å². The zero-order chi connectivity index (χ0) is 12.8. The van der Waals surface area contributed by atoms with Crippen molar-refractivity contribution in [1.82, 2.24) is 9.97 Å². The molecule has 0 atom stereocenters. The Morgan fingerprint density at radius 2 is 1.71 bits per heavy atom. The van der Waals surface area contributed by atoms with Crippen LogP contribution in [-0.2, 0) is 0 Å². The molecule has 7 nitrogen and oxygen atoms in total.